The number of hydrogen-bond acceptors (Lipinski definition) is 6. The molecule has 0 heterocycles. The van der Waals surface area contributed by atoms with Gasteiger partial charge in [-0.05, 0) is 70.6 Å². The molecule has 0 radical (unpaired) electrons. The summed E-state index contributed by atoms with van der Waals surface area (Å²) in [5.74, 6) is -1.07. The van der Waals surface area contributed by atoms with Gasteiger partial charge in [-0.25, -0.2) is 0 Å². The second-order valence-corrected chi connectivity index (χ2v) is 14.5. The monoisotopic (exact) mass is 837 g/mol. The van der Waals surface area contributed by atoms with E-state index in [1.54, 1.807) is 0 Å². The zero-order valence-electron chi connectivity index (χ0n) is 38.1. The van der Waals surface area contributed by atoms with Gasteiger partial charge in [0.2, 0.25) is 0 Å². The van der Waals surface area contributed by atoms with Gasteiger partial charge in [-0.2, -0.15) is 0 Å². The van der Waals surface area contributed by atoms with Gasteiger partial charge in [0.15, 0.2) is 6.10 Å². The number of rotatable bonds is 38. The summed E-state index contributed by atoms with van der Waals surface area (Å²) in [4.78, 5) is 37.8. The van der Waals surface area contributed by atoms with Crippen molar-refractivity contribution < 1.29 is 28.6 Å². The van der Waals surface area contributed by atoms with Crippen molar-refractivity contribution in [2.24, 2.45) is 0 Å². The van der Waals surface area contributed by atoms with Crippen molar-refractivity contribution in [1.82, 2.24) is 0 Å². The van der Waals surface area contributed by atoms with Crippen LogP contribution in [-0.4, -0.2) is 37.2 Å². The molecule has 6 heteroatoms. The summed E-state index contributed by atoms with van der Waals surface area (Å²) in [5, 5.41) is 0. The predicted octanol–water partition coefficient (Wildman–Crippen LogP) is 15.1. The van der Waals surface area contributed by atoms with Crippen LogP contribution in [-0.2, 0) is 28.6 Å². The van der Waals surface area contributed by atoms with Gasteiger partial charge in [-0.3, -0.25) is 14.4 Å². The molecule has 0 spiro atoms. The maximum Gasteiger partial charge on any atom is 0.306 e. The van der Waals surface area contributed by atoms with Crippen LogP contribution in [0.25, 0.3) is 0 Å². The summed E-state index contributed by atoms with van der Waals surface area (Å²) in [6.07, 6.45) is 69.4. The summed E-state index contributed by atoms with van der Waals surface area (Å²) in [7, 11) is 0. The topological polar surface area (TPSA) is 78.9 Å². The van der Waals surface area contributed by atoms with E-state index in [9.17, 15) is 14.4 Å². The first kappa shape index (κ1) is 56.0. The van der Waals surface area contributed by atoms with Gasteiger partial charge in [-0.15, -0.1) is 0 Å². The molecule has 0 aromatic heterocycles. The smallest absolute Gasteiger partial charge is 0.306 e. The highest BCUT2D eigenvalue weighted by Crippen LogP contribution is 2.12. The zero-order valence-corrected chi connectivity index (χ0v) is 38.1. The van der Waals surface area contributed by atoms with E-state index in [0.29, 0.717) is 12.8 Å². The lowest BCUT2D eigenvalue weighted by Crippen LogP contribution is -2.30. The average Bonchev–Trinajstić information content (AvgIpc) is 3.26. The predicted molar refractivity (Wildman–Crippen MR) is 260 cm³/mol. The van der Waals surface area contributed by atoms with E-state index < -0.39 is 6.10 Å². The van der Waals surface area contributed by atoms with Crippen LogP contribution >= 0.6 is 0 Å². The largest absolute Gasteiger partial charge is 0.462 e. The Morgan fingerprint density at radius 2 is 0.607 bits per heavy atom. The molecule has 0 N–H and O–H groups in total. The van der Waals surface area contributed by atoms with Crippen LogP contribution < -0.4 is 0 Å². The lowest BCUT2D eigenvalue weighted by Gasteiger charge is -2.18. The van der Waals surface area contributed by atoms with Crippen LogP contribution in [0.4, 0.5) is 0 Å². The average molecular weight is 837 g/mol. The Morgan fingerprint density at radius 3 is 0.984 bits per heavy atom. The van der Waals surface area contributed by atoms with Crippen molar-refractivity contribution in [2.75, 3.05) is 13.2 Å². The van der Waals surface area contributed by atoms with Gasteiger partial charge < -0.3 is 14.2 Å². The summed E-state index contributed by atoms with van der Waals surface area (Å²) in [6.45, 7) is 6.06. The van der Waals surface area contributed by atoms with Crippen LogP contribution in [0, 0.1) is 0 Å². The minimum Gasteiger partial charge on any atom is -0.462 e. The van der Waals surface area contributed by atoms with E-state index in [-0.39, 0.29) is 44.0 Å². The van der Waals surface area contributed by atoms with Crippen LogP contribution in [0.3, 0.4) is 0 Å². The third-order valence-corrected chi connectivity index (χ3v) is 8.83. The van der Waals surface area contributed by atoms with Gasteiger partial charge in [0.05, 0.1) is 0 Å². The Balaban J connectivity index is 4.63. The molecular weight excluding hydrogens is 757 g/mol. The molecule has 1 atom stereocenters. The number of allylic oxidation sites excluding steroid dienone is 26. The number of esters is 3. The summed E-state index contributed by atoms with van der Waals surface area (Å²) in [6, 6.07) is 0. The van der Waals surface area contributed by atoms with E-state index in [1.807, 2.05) is 109 Å². The maximum absolute atomic E-state index is 12.8. The number of ether oxygens (including phenoxy) is 3. The lowest BCUT2D eigenvalue weighted by atomic mass is 10.1. The van der Waals surface area contributed by atoms with Crippen molar-refractivity contribution in [3.05, 3.63) is 158 Å². The molecule has 0 amide bonds. The standard InChI is InChI=1S/C55H80O6/c1-4-7-10-13-16-19-22-25-27-30-33-36-39-42-45-48-54(57)60-51-52(50-59-53(56)47-44-41-38-35-32-29-24-21-18-15-12-9-6-3)61-55(58)49-46-43-40-37-34-31-28-26-23-20-17-14-11-8-5-2/h7-29,32,35,38,52H,4-6,30-31,33-34,36-37,39-51H2,1-3H3/b10-7-,11-8-,12-9-,16-13-,17-14-,18-15-,22-19-,23-20-,24-21-,27-25-,28-26-,32-29-,38-35-. The number of carbonyl (C=O) groups excluding carboxylic acids is 3. The highest BCUT2D eigenvalue weighted by Gasteiger charge is 2.19. The SMILES string of the molecule is CC\C=C/C=C\C=C/C=C\C=C/CCCC(=O)OCC(COC(=O)CCCCCCC\C=C/C=C\C=C/C=C\CC)OC(=O)CCCCCCC\C=C/C=C\C=C/C=C\CC. The summed E-state index contributed by atoms with van der Waals surface area (Å²) >= 11 is 0. The molecule has 0 aromatic rings. The first-order valence-corrected chi connectivity index (χ1v) is 23.2. The minimum absolute atomic E-state index is 0.131. The van der Waals surface area contributed by atoms with Gasteiger partial charge in [0.1, 0.15) is 13.2 Å². The quantitative estimate of drug-likeness (QED) is 0.0267. The van der Waals surface area contributed by atoms with Crippen LogP contribution in [0.1, 0.15) is 149 Å². The van der Waals surface area contributed by atoms with E-state index in [4.69, 9.17) is 14.2 Å². The van der Waals surface area contributed by atoms with Crippen LogP contribution in [0.15, 0.2) is 158 Å². The van der Waals surface area contributed by atoms with Crippen LogP contribution in [0.5, 0.6) is 0 Å². The fourth-order valence-electron chi connectivity index (χ4n) is 5.43. The van der Waals surface area contributed by atoms with Gasteiger partial charge >= 0.3 is 17.9 Å². The number of unbranched alkanes of at least 4 members (excludes halogenated alkanes) is 11. The number of hydrogen-bond donors (Lipinski definition) is 0. The fraction of sp³-hybridized carbons (Fsp3) is 0.473. The molecule has 1 unspecified atom stereocenters. The van der Waals surface area contributed by atoms with Gasteiger partial charge in [-0.1, -0.05) is 217 Å². The van der Waals surface area contributed by atoms with E-state index in [2.05, 4.69) is 69.4 Å². The van der Waals surface area contributed by atoms with Gasteiger partial charge in [0, 0.05) is 19.3 Å². The second kappa shape index (κ2) is 47.7. The highest BCUT2D eigenvalue weighted by molar-refractivity contribution is 5.71. The molecule has 0 aromatic carbocycles. The zero-order chi connectivity index (χ0) is 44.4. The fourth-order valence-corrected chi connectivity index (χ4v) is 5.43. The lowest BCUT2D eigenvalue weighted by molar-refractivity contribution is -0.167. The van der Waals surface area contributed by atoms with Crippen molar-refractivity contribution >= 4 is 17.9 Å². The molecule has 0 aliphatic heterocycles. The Hall–Kier alpha value is -4.97. The Morgan fingerprint density at radius 1 is 0.328 bits per heavy atom. The Bertz CT molecular complexity index is 1470. The molecule has 0 fully saturated rings. The molecule has 0 saturated carbocycles. The molecule has 0 rings (SSSR count). The van der Waals surface area contributed by atoms with E-state index in [1.165, 1.54) is 0 Å². The van der Waals surface area contributed by atoms with Crippen LogP contribution in [0.2, 0.25) is 0 Å². The highest BCUT2D eigenvalue weighted by atomic mass is 16.6. The second-order valence-electron chi connectivity index (χ2n) is 14.5. The molecule has 0 bridgehead atoms. The molecule has 0 aliphatic rings. The third kappa shape index (κ3) is 46.0. The van der Waals surface area contributed by atoms with Crippen molar-refractivity contribution in [3.8, 4) is 0 Å². The Labute approximate surface area is 371 Å². The molecule has 6 nitrogen and oxygen atoms in total. The molecule has 0 saturated heterocycles. The Kier molecular flexibility index (Phi) is 43.8. The molecular formula is C55H80O6. The normalized spacial score (nSPS) is 13.6. The van der Waals surface area contributed by atoms with E-state index >= 15 is 0 Å². The minimum atomic E-state index is -0.836. The first-order chi connectivity index (χ1) is 30.0. The first-order valence-electron chi connectivity index (χ1n) is 23.2. The van der Waals surface area contributed by atoms with Crippen molar-refractivity contribution in [1.29, 1.82) is 0 Å². The molecule has 336 valence electrons. The number of carbonyl (C=O) groups is 3. The molecule has 61 heavy (non-hydrogen) atoms. The third-order valence-electron chi connectivity index (χ3n) is 8.83. The van der Waals surface area contributed by atoms with Crippen molar-refractivity contribution in [2.45, 2.75) is 155 Å². The summed E-state index contributed by atoms with van der Waals surface area (Å²) < 4.78 is 16.6. The van der Waals surface area contributed by atoms with Gasteiger partial charge in [0.25, 0.3) is 0 Å². The molecule has 0 aliphatic carbocycles. The maximum atomic E-state index is 12.8. The van der Waals surface area contributed by atoms with E-state index in [0.717, 1.165) is 103 Å². The summed E-state index contributed by atoms with van der Waals surface area (Å²) in [5.41, 5.74) is 0. The van der Waals surface area contributed by atoms with Crippen molar-refractivity contribution in [3.63, 3.8) is 0 Å².